The SMILES string of the molecule is Cc1cc(C)n(-c2ccc(NC(=O)NC3CCCCNC3=O)cn2)n1. The summed E-state index contributed by atoms with van der Waals surface area (Å²) in [7, 11) is 0. The summed E-state index contributed by atoms with van der Waals surface area (Å²) >= 11 is 0. The Morgan fingerprint density at radius 3 is 2.84 bits per heavy atom. The summed E-state index contributed by atoms with van der Waals surface area (Å²) in [6.07, 6.45) is 4.05. The number of hydrogen-bond acceptors (Lipinski definition) is 4. The molecule has 1 aliphatic heterocycles. The van der Waals surface area contributed by atoms with Crippen LogP contribution in [0.2, 0.25) is 0 Å². The number of nitrogens with one attached hydrogen (secondary N) is 3. The van der Waals surface area contributed by atoms with Crippen molar-refractivity contribution in [2.45, 2.75) is 39.2 Å². The monoisotopic (exact) mass is 342 g/mol. The van der Waals surface area contributed by atoms with Crippen molar-refractivity contribution in [3.8, 4) is 5.82 Å². The molecule has 3 heterocycles. The molecule has 0 spiro atoms. The molecular formula is C17H22N6O2. The minimum absolute atomic E-state index is 0.134. The highest BCUT2D eigenvalue weighted by Gasteiger charge is 2.22. The van der Waals surface area contributed by atoms with E-state index >= 15 is 0 Å². The van der Waals surface area contributed by atoms with E-state index in [4.69, 9.17) is 0 Å². The van der Waals surface area contributed by atoms with E-state index in [1.165, 1.54) is 0 Å². The zero-order chi connectivity index (χ0) is 17.8. The summed E-state index contributed by atoms with van der Waals surface area (Å²) in [4.78, 5) is 28.3. The maximum absolute atomic E-state index is 12.1. The van der Waals surface area contributed by atoms with Gasteiger partial charge in [-0.15, -0.1) is 0 Å². The van der Waals surface area contributed by atoms with Crippen LogP contribution in [0.4, 0.5) is 10.5 Å². The van der Waals surface area contributed by atoms with Crippen molar-refractivity contribution in [3.05, 3.63) is 35.8 Å². The fourth-order valence-corrected chi connectivity index (χ4v) is 2.85. The molecule has 0 radical (unpaired) electrons. The molecule has 1 aliphatic rings. The Balaban J connectivity index is 1.62. The third-order valence-corrected chi connectivity index (χ3v) is 4.07. The Bertz CT molecular complexity index is 768. The van der Waals surface area contributed by atoms with Crippen LogP contribution in [0, 0.1) is 13.8 Å². The molecule has 0 aliphatic carbocycles. The minimum atomic E-state index is -0.496. The molecule has 2 aromatic heterocycles. The highest BCUT2D eigenvalue weighted by Crippen LogP contribution is 2.13. The first kappa shape index (κ1) is 16.9. The van der Waals surface area contributed by atoms with Crippen molar-refractivity contribution >= 4 is 17.6 Å². The largest absolute Gasteiger partial charge is 0.354 e. The average Bonchev–Trinajstić information content (AvgIpc) is 2.78. The normalized spacial score (nSPS) is 17.5. The fourth-order valence-electron chi connectivity index (χ4n) is 2.85. The van der Waals surface area contributed by atoms with Crippen molar-refractivity contribution in [1.82, 2.24) is 25.4 Å². The Morgan fingerprint density at radius 1 is 1.32 bits per heavy atom. The highest BCUT2D eigenvalue weighted by molar-refractivity contribution is 5.93. The Labute approximate surface area is 146 Å². The number of rotatable bonds is 3. The molecule has 1 saturated heterocycles. The molecule has 1 unspecified atom stereocenters. The number of carbonyl (C=O) groups excluding carboxylic acids is 2. The van der Waals surface area contributed by atoms with Crippen LogP contribution in [-0.2, 0) is 4.79 Å². The quantitative estimate of drug-likeness (QED) is 0.790. The van der Waals surface area contributed by atoms with Gasteiger partial charge in [0.05, 0.1) is 17.6 Å². The van der Waals surface area contributed by atoms with E-state index in [1.54, 1.807) is 23.0 Å². The molecule has 8 nitrogen and oxygen atoms in total. The number of aryl methyl sites for hydroxylation is 2. The lowest BCUT2D eigenvalue weighted by Crippen LogP contribution is -2.47. The molecule has 3 amide bonds. The smallest absolute Gasteiger partial charge is 0.319 e. The Kier molecular flexibility index (Phi) is 4.97. The van der Waals surface area contributed by atoms with E-state index in [0.29, 0.717) is 24.5 Å². The molecule has 3 N–H and O–H groups in total. The van der Waals surface area contributed by atoms with E-state index in [2.05, 4.69) is 26.0 Å². The van der Waals surface area contributed by atoms with E-state index in [1.807, 2.05) is 19.9 Å². The van der Waals surface area contributed by atoms with Crippen LogP contribution in [0.5, 0.6) is 0 Å². The first-order valence-corrected chi connectivity index (χ1v) is 8.38. The second-order valence-electron chi connectivity index (χ2n) is 6.18. The number of anilines is 1. The number of aromatic nitrogens is 3. The van der Waals surface area contributed by atoms with Gasteiger partial charge in [-0.05, 0) is 51.3 Å². The lowest BCUT2D eigenvalue weighted by Gasteiger charge is -2.15. The Morgan fingerprint density at radius 2 is 2.16 bits per heavy atom. The molecule has 8 heteroatoms. The van der Waals surface area contributed by atoms with E-state index in [-0.39, 0.29) is 5.91 Å². The molecule has 3 rings (SSSR count). The molecule has 0 bridgehead atoms. The third-order valence-electron chi connectivity index (χ3n) is 4.07. The number of amides is 3. The van der Waals surface area contributed by atoms with Crippen LogP contribution >= 0.6 is 0 Å². The molecule has 1 atom stereocenters. The molecule has 2 aromatic rings. The van der Waals surface area contributed by atoms with Gasteiger partial charge in [0, 0.05) is 12.2 Å². The van der Waals surface area contributed by atoms with Gasteiger partial charge in [-0.1, -0.05) is 0 Å². The van der Waals surface area contributed by atoms with Crippen molar-refractivity contribution in [3.63, 3.8) is 0 Å². The summed E-state index contributed by atoms with van der Waals surface area (Å²) in [6, 6.07) is 4.60. The van der Waals surface area contributed by atoms with Gasteiger partial charge >= 0.3 is 6.03 Å². The zero-order valence-electron chi connectivity index (χ0n) is 14.4. The van der Waals surface area contributed by atoms with Crippen molar-refractivity contribution in [2.24, 2.45) is 0 Å². The average molecular weight is 342 g/mol. The van der Waals surface area contributed by atoms with Gasteiger partial charge in [-0.3, -0.25) is 4.79 Å². The first-order valence-electron chi connectivity index (χ1n) is 8.38. The standard InChI is InChI=1S/C17H22N6O2/c1-11-9-12(2)23(22-11)15-7-6-13(10-19-15)20-17(25)21-14-5-3-4-8-18-16(14)24/h6-7,9-10,14H,3-5,8H2,1-2H3,(H,18,24)(H2,20,21,25). The summed E-state index contributed by atoms with van der Waals surface area (Å²) in [5, 5.41) is 12.6. The lowest BCUT2D eigenvalue weighted by atomic mass is 10.1. The molecule has 0 aromatic carbocycles. The van der Waals surface area contributed by atoms with E-state index < -0.39 is 12.1 Å². The van der Waals surface area contributed by atoms with Gasteiger partial charge in [-0.2, -0.15) is 5.10 Å². The van der Waals surface area contributed by atoms with Crippen LogP contribution < -0.4 is 16.0 Å². The number of nitrogens with zero attached hydrogens (tertiary/aromatic N) is 3. The molecule has 132 valence electrons. The van der Waals surface area contributed by atoms with Gasteiger partial charge in [0.1, 0.15) is 6.04 Å². The lowest BCUT2D eigenvalue weighted by molar-refractivity contribution is -0.122. The summed E-state index contributed by atoms with van der Waals surface area (Å²) in [5.74, 6) is 0.547. The number of carbonyl (C=O) groups is 2. The van der Waals surface area contributed by atoms with Gasteiger partial charge in [-0.25, -0.2) is 14.5 Å². The zero-order valence-corrected chi connectivity index (χ0v) is 14.4. The second kappa shape index (κ2) is 7.33. The number of hydrogen-bond donors (Lipinski definition) is 3. The van der Waals surface area contributed by atoms with Crippen molar-refractivity contribution in [2.75, 3.05) is 11.9 Å². The van der Waals surface area contributed by atoms with Gasteiger partial charge < -0.3 is 16.0 Å². The van der Waals surface area contributed by atoms with E-state index in [0.717, 1.165) is 24.2 Å². The van der Waals surface area contributed by atoms with Crippen LogP contribution in [-0.4, -0.2) is 39.3 Å². The summed E-state index contributed by atoms with van der Waals surface area (Å²) in [6.45, 7) is 4.54. The maximum atomic E-state index is 12.1. The minimum Gasteiger partial charge on any atom is -0.354 e. The molecule has 0 saturated carbocycles. The van der Waals surface area contributed by atoms with Crippen LogP contribution in [0.1, 0.15) is 30.7 Å². The van der Waals surface area contributed by atoms with Crippen LogP contribution in [0.15, 0.2) is 24.4 Å². The topological polar surface area (TPSA) is 101 Å². The highest BCUT2D eigenvalue weighted by atomic mass is 16.2. The van der Waals surface area contributed by atoms with Crippen LogP contribution in [0.25, 0.3) is 5.82 Å². The molecular weight excluding hydrogens is 320 g/mol. The summed E-state index contributed by atoms with van der Waals surface area (Å²) < 4.78 is 1.75. The van der Waals surface area contributed by atoms with Gasteiger partial charge in [0.15, 0.2) is 5.82 Å². The Hall–Kier alpha value is -2.90. The third kappa shape index (κ3) is 4.14. The van der Waals surface area contributed by atoms with Crippen molar-refractivity contribution in [1.29, 1.82) is 0 Å². The van der Waals surface area contributed by atoms with Gasteiger partial charge in [0.2, 0.25) is 5.91 Å². The number of urea groups is 1. The van der Waals surface area contributed by atoms with Crippen LogP contribution in [0.3, 0.4) is 0 Å². The van der Waals surface area contributed by atoms with Crippen molar-refractivity contribution < 1.29 is 9.59 Å². The first-order chi connectivity index (χ1) is 12.0. The van der Waals surface area contributed by atoms with E-state index in [9.17, 15) is 9.59 Å². The number of pyridine rings is 1. The van der Waals surface area contributed by atoms with Gasteiger partial charge in [0.25, 0.3) is 0 Å². The predicted octanol–water partition coefficient (Wildman–Crippen LogP) is 1.67. The summed E-state index contributed by atoms with van der Waals surface area (Å²) in [5.41, 5.74) is 2.46. The maximum Gasteiger partial charge on any atom is 0.319 e. The molecule has 25 heavy (non-hydrogen) atoms. The second-order valence-corrected chi connectivity index (χ2v) is 6.18. The fraction of sp³-hybridized carbons (Fsp3) is 0.412. The predicted molar refractivity (Wildman–Crippen MR) is 93.6 cm³/mol. The molecule has 1 fully saturated rings.